The standard InChI is InChI=1S/C11H15N3O3S/c15-9(8-6-13-18-14-8)12-7-11(10(16)17)4-2-1-3-5-11/h6H,1-5,7H2,(H,12,15)(H,16,17). The van der Waals surface area contributed by atoms with Crippen molar-refractivity contribution >= 4 is 23.6 Å². The van der Waals surface area contributed by atoms with Crippen LogP contribution in [0.4, 0.5) is 0 Å². The summed E-state index contributed by atoms with van der Waals surface area (Å²) in [5.41, 5.74) is -0.562. The number of rotatable bonds is 4. The molecule has 1 amide bonds. The van der Waals surface area contributed by atoms with E-state index in [1.165, 1.54) is 6.20 Å². The molecule has 6 nitrogen and oxygen atoms in total. The summed E-state index contributed by atoms with van der Waals surface area (Å²) in [5, 5.41) is 12.0. The molecule has 0 atom stereocenters. The van der Waals surface area contributed by atoms with Crippen LogP contribution in [0.5, 0.6) is 0 Å². The fraction of sp³-hybridized carbons (Fsp3) is 0.636. The molecule has 1 aromatic rings. The van der Waals surface area contributed by atoms with E-state index >= 15 is 0 Å². The lowest BCUT2D eigenvalue weighted by molar-refractivity contribution is -0.150. The lowest BCUT2D eigenvalue weighted by Crippen LogP contribution is -2.44. The van der Waals surface area contributed by atoms with Gasteiger partial charge in [-0.25, -0.2) is 0 Å². The topological polar surface area (TPSA) is 92.2 Å². The van der Waals surface area contributed by atoms with Gasteiger partial charge in [0.05, 0.1) is 23.3 Å². The summed E-state index contributed by atoms with van der Waals surface area (Å²) in [5.74, 6) is -1.17. The predicted molar refractivity (Wildman–Crippen MR) is 65.4 cm³/mol. The highest BCUT2D eigenvalue weighted by molar-refractivity contribution is 6.99. The van der Waals surface area contributed by atoms with Crippen molar-refractivity contribution in [2.45, 2.75) is 32.1 Å². The number of hydrogen-bond donors (Lipinski definition) is 2. The maximum Gasteiger partial charge on any atom is 0.311 e. The minimum atomic E-state index is -0.820. The quantitative estimate of drug-likeness (QED) is 0.859. The van der Waals surface area contributed by atoms with E-state index in [4.69, 9.17) is 0 Å². The molecular weight excluding hydrogens is 254 g/mol. The summed E-state index contributed by atoms with van der Waals surface area (Å²) in [4.78, 5) is 23.1. The van der Waals surface area contributed by atoms with Crippen molar-refractivity contribution < 1.29 is 14.7 Å². The van der Waals surface area contributed by atoms with Crippen LogP contribution >= 0.6 is 11.7 Å². The first kappa shape index (κ1) is 12.9. The second kappa shape index (κ2) is 5.43. The van der Waals surface area contributed by atoms with Crippen molar-refractivity contribution in [1.82, 2.24) is 14.1 Å². The van der Waals surface area contributed by atoms with Gasteiger partial charge in [-0.2, -0.15) is 8.75 Å². The molecule has 1 fully saturated rings. The van der Waals surface area contributed by atoms with E-state index in [0.29, 0.717) is 12.8 Å². The smallest absolute Gasteiger partial charge is 0.311 e. The molecule has 0 aliphatic heterocycles. The molecule has 0 unspecified atom stereocenters. The van der Waals surface area contributed by atoms with E-state index < -0.39 is 11.4 Å². The average molecular weight is 269 g/mol. The Balaban J connectivity index is 1.98. The largest absolute Gasteiger partial charge is 0.481 e. The van der Waals surface area contributed by atoms with Crippen LogP contribution in [-0.4, -0.2) is 32.3 Å². The Kier molecular flexibility index (Phi) is 3.90. The van der Waals surface area contributed by atoms with E-state index in [2.05, 4.69) is 14.1 Å². The number of carbonyl (C=O) groups excluding carboxylic acids is 1. The maximum atomic E-state index is 11.7. The highest BCUT2D eigenvalue weighted by Crippen LogP contribution is 2.36. The number of carbonyl (C=O) groups is 2. The number of carboxylic acid groups (broad SMARTS) is 1. The number of amides is 1. The summed E-state index contributed by atoms with van der Waals surface area (Å²) in [7, 11) is 0. The Labute approximate surface area is 109 Å². The summed E-state index contributed by atoms with van der Waals surface area (Å²) in [6.07, 6.45) is 5.50. The van der Waals surface area contributed by atoms with Crippen LogP contribution in [0, 0.1) is 5.41 Å². The van der Waals surface area contributed by atoms with E-state index in [-0.39, 0.29) is 18.1 Å². The summed E-state index contributed by atoms with van der Waals surface area (Å²) in [6, 6.07) is 0. The van der Waals surface area contributed by atoms with Gasteiger partial charge in [0.25, 0.3) is 5.91 Å². The van der Waals surface area contributed by atoms with Crippen molar-refractivity contribution in [2.24, 2.45) is 5.41 Å². The van der Waals surface area contributed by atoms with E-state index in [0.717, 1.165) is 31.0 Å². The molecule has 1 aliphatic rings. The average Bonchev–Trinajstić information content (AvgIpc) is 2.91. The second-order valence-electron chi connectivity index (χ2n) is 4.62. The van der Waals surface area contributed by atoms with Crippen LogP contribution in [0.3, 0.4) is 0 Å². The molecule has 2 N–H and O–H groups in total. The number of hydrogen-bond acceptors (Lipinski definition) is 5. The Hall–Kier alpha value is -1.50. The van der Waals surface area contributed by atoms with Crippen molar-refractivity contribution in [1.29, 1.82) is 0 Å². The molecule has 7 heteroatoms. The number of carboxylic acids is 1. The van der Waals surface area contributed by atoms with Crippen molar-refractivity contribution in [2.75, 3.05) is 6.54 Å². The SMILES string of the molecule is O=C(NCC1(C(=O)O)CCCCC1)c1cnsn1. The van der Waals surface area contributed by atoms with Crippen LogP contribution in [0.15, 0.2) is 6.20 Å². The van der Waals surface area contributed by atoms with Gasteiger partial charge in [-0.15, -0.1) is 0 Å². The van der Waals surface area contributed by atoms with Crippen molar-refractivity contribution in [3.8, 4) is 0 Å². The Morgan fingerprint density at radius 3 is 2.67 bits per heavy atom. The molecule has 0 aromatic carbocycles. The molecule has 18 heavy (non-hydrogen) atoms. The molecular formula is C11H15N3O3S. The molecule has 1 saturated carbocycles. The Morgan fingerprint density at radius 1 is 1.39 bits per heavy atom. The first-order valence-electron chi connectivity index (χ1n) is 5.93. The zero-order valence-corrected chi connectivity index (χ0v) is 10.7. The lowest BCUT2D eigenvalue weighted by atomic mass is 9.74. The van der Waals surface area contributed by atoms with Gasteiger partial charge in [0.1, 0.15) is 0 Å². The predicted octanol–water partition coefficient (Wildman–Crippen LogP) is 1.30. The highest BCUT2D eigenvalue weighted by Gasteiger charge is 2.39. The third-order valence-corrected chi connectivity index (χ3v) is 3.92. The first-order chi connectivity index (χ1) is 8.64. The molecule has 2 rings (SSSR count). The number of nitrogens with zero attached hydrogens (tertiary/aromatic N) is 2. The summed E-state index contributed by atoms with van der Waals surface area (Å²) in [6.45, 7) is 0.165. The van der Waals surface area contributed by atoms with Gasteiger partial charge in [-0.1, -0.05) is 19.3 Å². The number of nitrogens with one attached hydrogen (secondary N) is 1. The molecule has 98 valence electrons. The third-order valence-electron chi connectivity index (χ3n) is 3.45. The fourth-order valence-corrected chi connectivity index (χ4v) is 2.71. The van der Waals surface area contributed by atoms with Crippen LogP contribution in [0.1, 0.15) is 42.6 Å². The first-order valence-corrected chi connectivity index (χ1v) is 6.66. The molecule has 1 aliphatic carbocycles. The van der Waals surface area contributed by atoms with Gasteiger partial charge < -0.3 is 10.4 Å². The van der Waals surface area contributed by atoms with Gasteiger partial charge in [-0.05, 0) is 12.8 Å². The highest BCUT2D eigenvalue weighted by atomic mass is 32.1. The minimum absolute atomic E-state index is 0.165. The van der Waals surface area contributed by atoms with Gasteiger partial charge in [0.2, 0.25) is 0 Å². The number of aliphatic carboxylic acids is 1. The third kappa shape index (κ3) is 2.66. The summed E-state index contributed by atoms with van der Waals surface area (Å²) >= 11 is 0.958. The van der Waals surface area contributed by atoms with Crippen molar-refractivity contribution in [3.63, 3.8) is 0 Å². The van der Waals surface area contributed by atoms with Crippen LogP contribution in [0.2, 0.25) is 0 Å². The monoisotopic (exact) mass is 269 g/mol. The van der Waals surface area contributed by atoms with Gasteiger partial charge >= 0.3 is 5.97 Å². The van der Waals surface area contributed by atoms with Gasteiger partial charge in [0, 0.05) is 6.54 Å². The van der Waals surface area contributed by atoms with Crippen LogP contribution < -0.4 is 5.32 Å². The Bertz CT molecular complexity index is 427. The normalized spacial score (nSPS) is 18.2. The molecule has 1 aromatic heterocycles. The van der Waals surface area contributed by atoms with E-state index in [9.17, 15) is 14.7 Å². The van der Waals surface area contributed by atoms with Crippen LogP contribution in [0.25, 0.3) is 0 Å². The lowest BCUT2D eigenvalue weighted by Gasteiger charge is -2.33. The molecule has 0 spiro atoms. The minimum Gasteiger partial charge on any atom is -0.481 e. The molecule has 0 radical (unpaired) electrons. The molecule has 0 bridgehead atoms. The Morgan fingerprint density at radius 2 is 2.11 bits per heavy atom. The van der Waals surface area contributed by atoms with E-state index in [1.54, 1.807) is 0 Å². The molecule has 1 heterocycles. The van der Waals surface area contributed by atoms with Crippen LogP contribution in [-0.2, 0) is 4.79 Å². The van der Waals surface area contributed by atoms with Crippen molar-refractivity contribution in [3.05, 3.63) is 11.9 Å². The van der Waals surface area contributed by atoms with Gasteiger partial charge in [-0.3, -0.25) is 9.59 Å². The van der Waals surface area contributed by atoms with E-state index in [1.807, 2.05) is 0 Å². The maximum absolute atomic E-state index is 11.7. The zero-order chi connectivity index (χ0) is 13.0. The fourth-order valence-electron chi connectivity index (χ4n) is 2.30. The summed E-state index contributed by atoms with van der Waals surface area (Å²) < 4.78 is 7.56. The molecule has 0 saturated heterocycles. The zero-order valence-electron chi connectivity index (χ0n) is 9.89. The number of aromatic nitrogens is 2. The van der Waals surface area contributed by atoms with Gasteiger partial charge in [0.15, 0.2) is 5.69 Å². The second-order valence-corrected chi connectivity index (χ2v) is 5.18.